The highest BCUT2D eigenvalue weighted by molar-refractivity contribution is 5.33. The van der Waals surface area contributed by atoms with Gasteiger partial charge in [-0.2, -0.15) is 13.2 Å². The Morgan fingerprint density at radius 3 is 2.42 bits per heavy atom. The lowest BCUT2D eigenvalue weighted by Crippen LogP contribution is -2.10. The summed E-state index contributed by atoms with van der Waals surface area (Å²) in [5, 5.41) is 9.96. The van der Waals surface area contributed by atoms with E-state index < -0.39 is 23.7 Å². The van der Waals surface area contributed by atoms with Gasteiger partial charge >= 0.3 is 6.18 Å². The zero-order valence-corrected chi connectivity index (χ0v) is 9.83. The van der Waals surface area contributed by atoms with E-state index in [2.05, 4.69) is 0 Å². The number of aliphatic hydroxyl groups excluding tert-OH is 1. The van der Waals surface area contributed by atoms with Gasteiger partial charge in [-0.15, -0.1) is 0 Å². The molecule has 0 spiro atoms. The molecule has 0 saturated carbocycles. The van der Waals surface area contributed by atoms with Crippen LogP contribution in [0.25, 0.3) is 0 Å². The Balaban J connectivity index is 2.44. The Morgan fingerprint density at radius 1 is 1.21 bits per heavy atom. The van der Waals surface area contributed by atoms with Crippen molar-refractivity contribution in [1.82, 2.24) is 0 Å². The molecule has 0 aliphatic carbocycles. The van der Waals surface area contributed by atoms with E-state index in [1.54, 1.807) is 13.0 Å². The normalized spacial score (nSPS) is 13.6. The minimum Gasteiger partial charge on any atom is -0.466 e. The third kappa shape index (κ3) is 2.63. The van der Waals surface area contributed by atoms with Crippen LogP contribution in [0.2, 0.25) is 0 Å². The van der Waals surface area contributed by atoms with E-state index in [4.69, 9.17) is 4.42 Å². The molecular formula is C13H10F4O2. The molecular weight excluding hydrogens is 264 g/mol. The molecule has 2 nitrogen and oxygen atoms in total. The van der Waals surface area contributed by atoms with Crippen LogP contribution in [0.15, 0.2) is 34.9 Å². The van der Waals surface area contributed by atoms with Crippen molar-refractivity contribution in [2.24, 2.45) is 0 Å². The highest BCUT2D eigenvalue weighted by Crippen LogP contribution is 2.34. The first-order chi connectivity index (χ1) is 8.80. The van der Waals surface area contributed by atoms with Crippen LogP contribution in [-0.4, -0.2) is 5.11 Å². The summed E-state index contributed by atoms with van der Waals surface area (Å²) in [6.07, 6.45) is -4.85. The molecule has 0 bridgehead atoms. The first-order valence-corrected chi connectivity index (χ1v) is 5.39. The van der Waals surface area contributed by atoms with E-state index in [1.165, 1.54) is 6.26 Å². The lowest BCUT2D eigenvalue weighted by atomic mass is 10.0. The molecule has 1 aromatic carbocycles. The van der Waals surface area contributed by atoms with Crippen LogP contribution in [-0.2, 0) is 6.18 Å². The molecule has 2 rings (SSSR count). The van der Waals surface area contributed by atoms with Crippen molar-refractivity contribution in [2.45, 2.75) is 19.2 Å². The van der Waals surface area contributed by atoms with Crippen molar-refractivity contribution in [3.8, 4) is 0 Å². The second-order valence-electron chi connectivity index (χ2n) is 4.11. The van der Waals surface area contributed by atoms with Crippen LogP contribution in [0.3, 0.4) is 0 Å². The monoisotopic (exact) mass is 274 g/mol. The van der Waals surface area contributed by atoms with Gasteiger partial charge in [0.1, 0.15) is 17.7 Å². The molecule has 0 fully saturated rings. The van der Waals surface area contributed by atoms with Gasteiger partial charge < -0.3 is 9.52 Å². The molecule has 1 heterocycles. The van der Waals surface area contributed by atoms with Crippen LogP contribution in [0.5, 0.6) is 0 Å². The summed E-state index contributed by atoms with van der Waals surface area (Å²) in [5.41, 5.74) is -0.884. The number of alkyl halides is 3. The lowest BCUT2D eigenvalue weighted by molar-refractivity contribution is -0.140. The largest absolute Gasteiger partial charge is 0.466 e. The predicted octanol–water partition coefficient (Wildman–Crippen LogP) is 3.83. The molecule has 2 aromatic rings. The average molecular weight is 274 g/mol. The van der Waals surface area contributed by atoms with Gasteiger partial charge in [-0.25, -0.2) is 4.39 Å². The molecule has 1 aromatic heterocycles. The van der Waals surface area contributed by atoms with Gasteiger partial charge in [0.05, 0.1) is 11.8 Å². The Morgan fingerprint density at radius 2 is 1.89 bits per heavy atom. The van der Waals surface area contributed by atoms with E-state index in [9.17, 15) is 22.7 Å². The molecule has 0 radical (unpaired) electrons. The standard InChI is InChI=1S/C13H10F4O2/c1-7-4-5-19-12(7)11(18)8-2-3-10(14)9(6-8)13(15,16)17/h2-6,11,18H,1H3. The van der Waals surface area contributed by atoms with Crippen molar-refractivity contribution in [2.75, 3.05) is 0 Å². The van der Waals surface area contributed by atoms with Gasteiger partial charge in [-0.1, -0.05) is 6.07 Å². The summed E-state index contributed by atoms with van der Waals surface area (Å²) in [6.45, 7) is 1.65. The first kappa shape index (κ1) is 13.6. The zero-order valence-electron chi connectivity index (χ0n) is 9.83. The minimum absolute atomic E-state index is 0.0771. The van der Waals surface area contributed by atoms with Gasteiger partial charge in [0.25, 0.3) is 0 Å². The van der Waals surface area contributed by atoms with Crippen LogP contribution in [0.4, 0.5) is 17.6 Å². The van der Waals surface area contributed by atoms with Gasteiger partial charge in [0.15, 0.2) is 0 Å². The van der Waals surface area contributed by atoms with E-state index in [0.29, 0.717) is 17.7 Å². The second kappa shape index (κ2) is 4.70. The third-order valence-corrected chi connectivity index (χ3v) is 2.76. The molecule has 0 saturated heterocycles. The minimum atomic E-state index is -4.81. The molecule has 1 unspecified atom stereocenters. The highest BCUT2D eigenvalue weighted by atomic mass is 19.4. The van der Waals surface area contributed by atoms with E-state index in [0.717, 1.165) is 6.07 Å². The fourth-order valence-corrected chi connectivity index (χ4v) is 1.75. The smallest absolute Gasteiger partial charge is 0.419 e. The van der Waals surface area contributed by atoms with Crippen molar-refractivity contribution >= 4 is 0 Å². The number of rotatable bonds is 2. The Labute approximate surface area is 106 Å². The zero-order chi connectivity index (χ0) is 14.2. The maximum atomic E-state index is 13.1. The van der Waals surface area contributed by atoms with Crippen LogP contribution in [0.1, 0.15) is 28.6 Å². The van der Waals surface area contributed by atoms with Crippen LogP contribution >= 0.6 is 0 Å². The topological polar surface area (TPSA) is 33.4 Å². The molecule has 0 amide bonds. The number of furan rings is 1. The molecule has 0 aliphatic rings. The SMILES string of the molecule is Cc1ccoc1C(O)c1ccc(F)c(C(F)(F)F)c1. The Kier molecular flexibility index (Phi) is 3.36. The average Bonchev–Trinajstić information content (AvgIpc) is 2.73. The van der Waals surface area contributed by atoms with Crippen molar-refractivity contribution in [3.63, 3.8) is 0 Å². The third-order valence-electron chi connectivity index (χ3n) is 2.76. The van der Waals surface area contributed by atoms with E-state index >= 15 is 0 Å². The van der Waals surface area contributed by atoms with E-state index in [1.807, 2.05) is 0 Å². The Bertz CT molecular complexity index is 587. The molecule has 6 heteroatoms. The fraction of sp³-hybridized carbons (Fsp3) is 0.231. The summed E-state index contributed by atoms with van der Waals surface area (Å²) in [5.74, 6) is -1.24. The van der Waals surface area contributed by atoms with Gasteiger partial charge in [-0.05, 0) is 36.2 Å². The second-order valence-corrected chi connectivity index (χ2v) is 4.11. The number of hydrogen-bond acceptors (Lipinski definition) is 2. The Hall–Kier alpha value is -1.82. The number of aryl methyl sites for hydroxylation is 1. The number of benzene rings is 1. The molecule has 1 atom stereocenters. The summed E-state index contributed by atoms with van der Waals surface area (Å²) in [7, 11) is 0. The van der Waals surface area contributed by atoms with Gasteiger partial charge in [-0.3, -0.25) is 0 Å². The maximum absolute atomic E-state index is 13.1. The number of halogens is 4. The van der Waals surface area contributed by atoms with Crippen molar-refractivity contribution in [3.05, 3.63) is 58.8 Å². The summed E-state index contributed by atoms with van der Waals surface area (Å²) in [4.78, 5) is 0. The van der Waals surface area contributed by atoms with Gasteiger partial charge in [0, 0.05) is 0 Å². The van der Waals surface area contributed by atoms with Crippen LogP contribution in [0, 0.1) is 12.7 Å². The molecule has 19 heavy (non-hydrogen) atoms. The van der Waals surface area contributed by atoms with Gasteiger partial charge in [0.2, 0.25) is 0 Å². The molecule has 102 valence electrons. The van der Waals surface area contributed by atoms with Crippen molar-refractivity contribution in [1.29, 1.82) is 0 Å². The first-order valence-electron chi connectivity index (χ1n) is 5.39. The molecule has 0 aliphatic heterocycles. The van der Waals surface area contributed by atoms with E-state index in [-0.39, 0.29) is 11.3 Å². The van der Waals surface area contributed by atoms with Crippen molar-refractivity contribution < 1.29 is 27.1 Å². The fourth-order valence-electron chi connectivity index (χ4n) is 1.75. The quantitative estimate of drug-likeness (QED) is 0.844. The highest BCUT2D eigenvalue weighted by Gasteiger charge is 2.35. The van der Waals surface area contributed by atoms with Crippen LogP contribution < -0.4 is 0 Å². The summed E-state index contributed by atoms with van der Waals surface area (Å²) in [6, 6.07) is 3.94. The predicted molar refractivity (Wildman–Crippen MR) is 58.9 cm³/mol. The number of aliphatic hydroxyl groups is 1. The maximum Gasteiger partial charge on any atom is 0.419 e. The summed E-state index contributed by atoms with van der Waals surface area (Å²) >= 11 is 0. The summed E-state index contributed by atoms with van der Waals surface area (Å²) < 4.78 is 55.8. The number of hydrogen-bond donors (Lipinski definition) is 1. The lowest BCUT2D eigenvalue weighted by Gasteiger charge is -2.13. The molecule has 1 N–H and O–H groups in total.